The van der Waals surface area contributed by atoms with E-state index in [1.807, 2.05) is 31.2 Å². The molecule has 3 heteroatoms. The first-order valence-electron chi connectivity index (χ1n) is 9.71. The number of carbonyl (C=O) groups is 3. The highest BCUT2D eigenvalue weighted by Crippen LogP contribution is 2.38. The van der Waals surface area contributed by atoms with Crippen LogP contribution in [0.25, 0.3) is 0 Å². The van der Waals surface area contributed by atoms with Crippen LogP contribution >= 0.6 is 0 Å². The Balaban J connectivity index is 1.97. The van der Waals surface area contributed by atoms with Crippen LogP contribution in [0.1, 0.15) is 87.1 Å². The first kappa shape index (κ1) is 19.6. The zero-order valence-electron chi connectivity index (χ0n) is 15.5. The van der Waals surface area contributed by atoms with Gasteiger partial charge in [0.05, 0.1) is 0 Å². The summed E-state index contributed by atoms with van der Waals surface area (Å²) < 4.78 is 0. The van der Waals surface area contributed by atoms with Crippen molar-refractivity contribution in [2.75, 3.05) is 0 Å². The summed E-state index contributed by atoms with van der Waals surface area (Å²) in [7, 11) is 0. The number of unbranched alkanes of at least 4 members (excludes halogenated alkanes) is 1. The third-order valence-corrected chi connectivity index (χ3v) is 5.60. The van der Waals surface area contributed by atoms with Crippen LogP contribution in [0, 0.1) is 11.8 Å². The molecule has 1 aliphatic carbocycles. The predicted octanol–water partition coefficient (Wildman–Crippen LogP) is 5.13. The zero-order valence-corrected chi connectivity index (χ0v) is 15.5. The van der Waals surface area contributed by atoms with Crippen LogP contribution in [0.3, 0.4) is 0 Å². The van der Waals surface area contributed by atoms with E-state index >= 15 is 0 Å². The standard InChI is InChI=1S/C22H30O3/c1-3-5-6-22(25)19-13-9-17(10-14-19)20(15-23)16-7-11-18(12-8-16)21(24)4-2/h7-8,11-12,15,17,19-20H,3-6,9-10,13-14H2,1-2H3. The molecule has 1 aromatic rings. The van der Waals surface area contributed by atoms with Crippen molar-refractivity contribution in [1.29, 1.82) is 0 Å². The Morgan fingerprint density at radius 2 is 1.72 bits per heavy atom. The lowest BCUT2D eigenvalue weighted by atomic mass is 9.72. The third kappa shape index (κ3) is 5.10. The molecule has 1 unspecified atom stereocenters. The van der Waals surface area contributed by atoms with Crippen molar-refractivity contribution in [3.05, 3.63) is 35.4 Å². The maximum atomic E-state index is 12.2. The summed E-state index contributed by atoms with van der Waals surface area (Å²) in [5.41, 5.74) is 1.70. The molecule has 1 saturated carbocycles. The number of Topliss-reactive ketones (excluding diaryl/α,β-unsaturated/α-hetero) is 2. The van der Waals surface area contributed by atoms with Gasteiger partial charge in [0.2, 0.25) is 0 Å². The average Bonchev–Trinajstić information content (AvgIpc) is 2.67. The van der Waals surface area contributed by atoms with Gasteiger partial charge in [0.25, 0.3) is 0 Å². The van der Waals surface area contributed by atoms with Crippen LogP contribution < -0.4 is 0 Å². The number of benzene rings is 1. The Kier molecular flexibility index (Phi) is 7.54. The monoisotopic (exact) mass is 342 g/mol. The van der Waals surface area contributed by atoms with Crippen molar-refractivity contribution >= 4 is 17.9 Å². The Labute approximate surface area is 151 Å². The second-order valence-electron chi connectivity index (χ2n) is 7.24. The Bertz CT molecular complexity index is 580. The molecular weight excluding hydrogens is 312 g/mol. The second-order valence-corrected chi connectivity index (χ2v) is 7.24. The van der Waals surface area contributed by atoms with Crippen LogP contribution in [0.5, 0.6) is 0 Å². The summed E-state index contributed by atoms with van der Waals surface area (Å²) in [5.74, 6) is 0.906. The smallest absolute Gasteiger partial charge is 0.162 e. The van der Waals surface area contributed by atoms with Gasteiger partial charge in [0.15, 0.2) is 5.78 Å². The van der Waals surface area contributed by atoms with Gasteiger partial charge in [-0.2, -0.15) is 0 Å². The lowest BCUT2D eigenvalue weighted by Gasteiger charge is -2.31. The van der Waals surface area contributed by atoms with E-state index in [0.717, 1.165) is 50.4 Å². The molecule has 25 heavy (non-hydrogen) atoms. The van der Waals surface area contributed by atoms with E-state index in [2.05, 4.69) is 6.92 Å². The Hall–Kier alpha value is -1.77. The molecule has 1 aromatic carbocycles. The summed E-state index contributed by atoms with van der Waals surface area (Å²) >= 11 is 0. The molecule has 0 aromatic heterocycles. The van der Waals surface area contributed by atoms with Crippen LogP contribution in [0.15, 0.2) is 24.3 Å². The van der Waals surface area contributed by atoms with E-state index in [0.29, 0.717) is 30.1 Å². The number of hydrogen-bond acceptors (Lipinski definition) is 3. The Morgan fingerprint density at radius 3 is 2.24 bits per heavy atom. The fourth-order valence-electron chi connectivity index (χ4n) is 3.91. The first-order valence-corrected chi connectivity index (χ1v) is 9.71. The Morgan fingerprint density at radius 1 is 1.08 bits per heavy atom. The molecule has 0 N–H and O–H groups in total. The van der Waals surface area contributed by atoms with Crippen molar-refractivity contribution in [3.8, 4) is 0 Å². The fourth-order valence-corrected chi connectivity index (χ4v) is 3.91. The molecule has 0 aliphatic heterocycles. The molecule has 3 nitrogen and oxygen atoms in total. The van der Waals surface area contributed by atoms with E-state index in [1.54, 1.807) is 0 Å². The van der Waals surface area contributed by atoms with Crippen molar-refractivity contribution in [1.82, 2.24) is 0 Å². The average molecular weight is 342 g/mol. The van der Waals surface area contributed by atoms with Gasteiger partial charge in [0.1, 0.15) is 12.1 Å². The maximum absolute atomic E-state index is 12.2. The highest BCUT2D eigenvalue weighted by atomic mass is 16.1. The SMILES string of the molecule is CCCCC(=O)C1CCC(C(C=O)c2ccc(C(=O)CC)cc2)CC1. The summed E-state index contributed by atoms with van der Waals surface area (Å²) in [6.07, 6.45) is 7.96. The summed E-state index contributed by atoms with van der Waals surface area (Å²) in [4.78, 5) is 35.6. The van der Waals surface area contributed by atoms with E-state index in [-0.39, 0.29) is 17.6 Å². The van der Waals surface area contributed by atoms with Crippen molar-refractivity contribution < 1.29 is 14.4 Å². The zero-order chi connectivity index (χ0) is 18.2. The molecule has 1 aliphatic rings. The number of aldehydes is 1. The van der Waals surface area contributed by atoms with E-state index in [9.17, 15) is 14.4 Å². The van der Waals surface area contributed by atoms with Crippen LogP contribution in [-0.2, 0) is 9.59 Å². The number of carbonyl (C=O) groups excluding carboxylic acids is 3. The van der Waals surface area contributed by atoms with Gasteiger partial charge in [-0.05, 0) is 43.6 Å². The quantitative estimate of drug-likeness (QED) is 0.462. The van der Waals surface area contributed by atoms with Gasteiger partial charge in [-0.15, -0.1) is 0 Å². The molecule has 1 fully saturated rings. The van der Waals surface area contributed by atoms with Crippen molar-refractivity contribution in [3.63, 3.8) is 0 Å². The van der Waals surface area contributed by atoms with Crippen LogP contribution in [-0.4, -0.2) is 17.9 Å². The van der Waals surface area contributed by atoms with Gasteiger partial charge >= 0.3 is 0 Å². The minimum Gasteiger partial charge on any atom is -0.303 e. The lowest BCUT2D eigenvalue weighted by Crippen LogP contribution is -2.25. The molecule has 1 atom stereocenters. The summed E-state index contributed by atoms with van der Waals surface area (Å²) in [5, 5.41) is 0. The molecule has 0 heterocycles. The number of hydrogen-bond donors (Lipinski definition) is 0. The van der Waals surface area contributed by atoms with Crippen LogP contribution in [0.4, 0.5) is 0 Å². The molecule has 0 spiro atoms. The molecule has 0 saturated heterocycles. The molecule has 0 bridgehead atoms. The van der Waals surface area contributed by atoms with E-state index < -0.39 is 0 Å². The molecule has 136 valence electrons. The molecule has 0 radical (unpaired) electrons. The second kappa shape index (κ2) is 9.65. The van der Waals surface area contributed by atoms with Gasteiger partial charge in [-0.25, -0.2) is 0 Å². The molecular formula is C22H30O3. The summed E-state index contributed by atoms with van der Waals surface area (Å²) in [6, 6.07) is 7.50. The predicted molar refractivity (Wildman–Crippen MR) is 99.8 cm³/mol. The number of ketones is 2. The third-order valence-electron chi connectivity index (χ3n) is 5.60. The molecule has 0 amide bonds. The first-order chi connectivity index (χ1) is 12.1. The maximum Gasteiger partial charge on any atom is 0.162 e. The van der Waals surface area contributed by atoms with E-state index in [4.69, 9.17) is 0 Å². The highest BCUT2D eigenvalue weighted by Gasteiger charge is 2.31. The lowest BCUT2D eigenvalue weighted by molar-refractivity contribution is -0.124. The highest BCUT2D eigenvalue weighted by molar-refractivity contribution is 5.95. The number of rotatable bonds is 9. The largest absolute Gasteiger partial charge is 0.303 e. The minimum absolute atomic E-state index is 0.125. The molecule has 2 rings (SSSR count). The van der Waals surface area contributed by atoms with Gasteiger partial charge in [0, 0.05) is 30.2 Å². The summed E-state index contributed by atoms with van der Waals surface area (Å²) in [6.45, 7) is 3.96. The minimum atomic E-state index is -0.127. The van der Waals surface area contributed by atoms with Crippen molar-refractivity contribution in [2.45, 2.75) is 71.1 Å². The van der Waals surface area contributed by atoms with E-state index in [1.165, 1.54) is 0 Å². The van der Waals surface area contributed by atoms with Crippen LogP contribution in [0.2, 0.25) is 0 Å². The van der Waals surface area contributed by atoms with Crippen molar-refractivity contribution in [2.24, 2.45) is 11.8 Å². The fraction of sp³-hybridized carbons (Fsp3) is 0.591. The topological polar surface area (TPSA) is 51.2 Å². The normalized spacial score (nSPS) is 21.5. The van der Waals surface area contributed by atoms with Gasteiger partial charge in [-0.3, -0.25) is 9.59 Å². The van der Waals surface area contributed by atoms with Gasteiger partial charge < -0.3 is 4.79 Å². The van der Waals surface area contributed by atoms with Gasteiger partial charge in [-0.1, -0.05) is 44.5 Å².